The average molecular weight is 318 g/mol. The van der Waals surface area contributed by atoms with Crippen molar-refractivity contribution in [2.75, 3.05) is 0 Å². The number of hydrogen-bond donors (Lipinski definition) is 0. The van der Waals surface area contributed by atoms with Crippen LogP contribution in [0.3, 0.4) is 0 Å². The van der Waals surface area contributed by atoms with Gasteiger partial charge in [0.05, 0.1) is 0 Å². The summed E-state index contributed by atoms with van der Waals surface area (Å²) in [4.78, 5) is 0. The predicted molar refractivity (Wildman–Crippen MR) is 98.5 cm³/mol. The second-order valence-corrected chi connectivity index (χ2v) is 7.02. The topological polar surface area (TPSA) is 38.9 Å². The van der Waals surface area contributed by atoms with Gasteiger partial charge in [-0.2, -0.15) is 0 Å². The summed E-state index contributed by atoms with van der Waals surface area (Å²) >= 11 is 0. The largest absolute Gasteiger partial charge is 0.417 e. The van der Waals surface area contributed by atoms with Crippen molar-refractivity contribution in [3.8, 4) is 11.5 Å². The molecule has 0 saturated heterocycles. The Morgan fingerprint density at radius 1 is 0.833 bits per heavy atom. The maximum Gasteiger partial charge on any atom is 0.248 e. The molecule has 3 rings (SSSR count). The lowest BCUT2D eigenvalue weighted by atomic mass is 9.87. The van der Waals surface area contributed by atoms with Crippen LogP contribution < -0.4 is 0 Å². The van der Waals surface area contributed by atoms with Crippen molar-refractivity contribution in [1.29, 1.82) is 0 Å². The molecule has 0 fully saturated rings. The van der Waals surface area contributed by atoms with Gasteiger partial charge in [-0.25, -0.2) is 0 Å². The van der Waals surface area contributed by atoms with E-state index in [1.54, 1.807) is 0 Å². The predicted octanol–water partition coefficient (Wildman–Crippen LogP) is 5.51. The lowest BCUT2D eigenvalue weighted by Gasteiger charge is -2.18. The van der Waals surface area contributed by atoms with E-state index < -0.39 is 0 Å². The Morgan fingerprint density at radius 2 is 1.50 bits per heavy atom. The summed E-state index contributed by atoms with van der Waals surface area (Å²) in [6.07, 6.45) is 3.83. The second-order valence-electron chi connectivity index (χ2n) is 7.02. The molecule has 0 N–H and O–H groups in total. The summed E-state index contributed by atoms with van der Waals surface area (Å²) in [5, 5.41) is 8.19. The van der Waals surface area contributed by atoms with Gasteiger partial charge in [0, 0.05) is 11.6 Å². The van der Waals surface area contributed by atoms with Gasteiger partial charge in [-0.15, -0.1) is 10.2 Å². The summed E-state index contributed by atoms with van der Waals surface area (Å²) in [5.74, 6) is 1.04. The van der Waals surface area contributed by atoms with Crippen molar-refractivity contribution < 1.29 is 4.42 Å². The van der Waals surface area contributed by atoms with E-state index in [0.717, 1.165) is 11.1 Å². The molecule has 0 unspecified atom stereocenters. The van der Waals surface area contributed by atoms with Crippen LogP contribution in [0.4, 0.5) is 0 Å². The quantitative estimate of drug-likeness (QED) is 0.639. The highest BCUT2D eigenvalue weighted by molar-refractivity contribution is 5.66. The maximum atomic E-state index is 5.70. The van der Waals surface area contributed by atoms with Gasteiger partial charge in [0.2, 0.25) is 11.8 Å². The third kappa shape index (κ3) is 3.80. The van der Waals surface area contributed by atoms with Gasteiger partial charge in [-0.05, 0) is 41.7 Å². The van der Waals surface area contributed by atoms with Gasteiger partial charge in [0.1, 0.15) is 0 Å². The fourth-order valence-electron chi connectivity index (χ4n) is 2.38. The maximum absolute atomic E-state index is 5.70. The van der Waals surface area contributed by atoms with Crippen molar-refractivity contribution >= 4 is 12.2 Å². The van der Waals surface area contributed by atoms with Crippen LogP contribution in [-0.2, 0) is 5.41 Å². The molecule has 122 valence electrons. The van der Waals surface area contributed by atoms with Crippen molar-refractivity contribution in [2.45, 2.75) is 33.1 Å². The molecule has 0 aliphatic carbocycles. The number of aryl methyl sites for hydroxylation is 1. The lowest BCUT2D eigenvalue weighted by molar-refractivity contribution is 0.558. The summed E-state index contributed by atoms with van der Waals surface area (Å²) in [7, 11) is 0. The molecular formula is C21H22N2O. The van der Waals surface area contributed by atoms with Gasteiger partial charge < -0.3 is 4.42 Å². The van der Waals surface area contributed by atoms with Gasteiger partial charge >= 0.3 is 0 Å². The van der Waals surface area contributed by atoms with E-state index in [1.807, 2.05) is 36.4 Å². The summed E-state index contributed by atoms with van der Waals surface area (Å²) < 4.78 is 5.70. The molecular weight excluding hydrogens is 296 g/mol. The monoisotopic (exact) mass is 318 g/mol. The molecule has 0 bridgehead atoms. The molecule has 0 atom stereocenters. The summed E-state index contributed by atoms with van der Waals surface area (Å²) in [6, 6.07) is 16.6. The van der Waals surface area contributed by atoms with Crippen LogP contribution in [0.25, 0.3) is 23.6 Å². The second kappa shape index (κ2) is 6.44. The zero-order chi connectivity index (χ0) is 17.2. The van der Waals surface area contributed by atoms with E-state index in [9.17, 15) is 0 Å². The van der Waals surface area contributed by atoms with Crippen LogP contribution in [-0.4, -0.2) is 10.2 Å². The highest BCUT2D eigenvalue weighted by Crippen LogP contribution is 2.23. The molecule has 0 aliphatic rings. The minimum atomic E-state index is 0.164. The van der Waals surface area contributed by atoms with E-state index in [-0.39, 0.29) is 5.41 Å². The van der Waals surface area contributed by atoms with Gasteiger partial charge in [0.15, 0.2) is 0 Å². The van der Waals surface area contributed by atoms with Gasteiger partial charge in [-0.3, -0.25) is 0 Å². The Hall–Kier alpha value is -2.68. The first-order valence-corrected chi connectivity index (χ1v) is 8.11. The fraction of sp³-hybridized carbons (Fsp3) is 0.238. The van der Waals surface area contributed by atoms with Crippen molar-refractivity contribution in [2.24, 2.45) is 0 Å². The van der Waals surface area contributed by atoms with Crippen LogP contribution in [0, 0.1) is 6.92 Å². The first kappa shape index (κ1) is 16.2. The van der Waals surface area contributed by atoms with Crippen LogP contribution in [0.1, 0.15) is 43.4 Å². The van der Waals surface area contributed by atoms with Crippen LogP contribution in [0.5, 0.6) is 0 Å². The summed E-state index contributed by atoms with van der Waals surface area (Å²) in [5.41, 5.74) is 4.73. The first-order valence-electron chi connectivity index (χ1n) is 8.11. The van der Waals surface area contributed by atoms with Crippen molar-refractivity contribution in [3.63, 3.8) is 0 Å². The van der Waals surface area contributed by atoms with E-state index >= 15 is 0 Å². The Bertz CT molecular complexity index is 835. The molecule has 0 amide bonds. The molecule has 1 heterocycles. The van der Waals surface area contributed by atoms with Crippen molar-refractivity contribution in [1.82, 2.24) is 10.2 Å². The zero-order valence-electron chi connectivity index (χ0n) is 14.6. The normalized spacial score (nSPS) is 12.0. The zero-order valence-corrected chi connectivity index (χ0v) is 14.6. The minimum absolute atomic E-state index is 0.164. The van der Waals surface area contributed by atoms with E-state index in [1.165, 1.54) is 11.1 Å². The van der Waals surface area contributed by atoms with Crippen LogP contribution >= 0.6 is 0 Å². The van der Waals surface area contributed by atoms with Crippen LogP contribution in [0.15, 0.2) is 52.9 Å². The molecule has 3 nitrogen and oxygen atoms in total. The highest BCUT2D eigenvalue weighted by Gasteiger charge is 2.12. The standard InChI is InChI=1S/C21H22N2O/c1-15-5-10-17(11-6-15)20-23-22-19(24-20)14-9-16-7-12-18(13-8-16)21(2,3)4/h5-14H,1-4H3/b14-9+. The molecule has 1 aromatic heterocycles. The Labute approximate surface area is 143 Å². The smallest absolute Gasteiger partial charge is 0.248 e. The Morgan fingerprint density at radius 3 is 2.12 bits per heavy atom. The molecule has 2 aromatic carbocycles. The first-order chi connectivity index (χ1) is 11.4. The third-order valence-electron chi connectivity index (χ3n) is 3.93. The van der Waals surface area contributed by atoms with Crippen LogP contribution in [0.2, 0.25) is 0 Å². The molecule has 3 aromatic rings. The molecule has 0 saturated carbocycles. The number of nitrogens with zero attached hydrogens (tertiary/aromatic N) is 2. The van der Waals surface area contributed by atoms with Crippen molar-refractivity contribution in [3.05, 3.63) is 71.1 Å². The number of rotatable bonds is 3. The number of aromatic nitrogens is 2. The van der Waals surface area contributed by atoms with Gasteiger partial charge in [0.25, 0.3) is 0 Å². The summed E-state index contributed by atoms with van der Waals surface area (Å²) in [6.45, 7) is 8.69. The lowest BCUT2D eigenvalue weighted by Crippen LogP contribution is -2.10. The number of benzene rings is 2. The van der Waals surface area contributed by atoms with Gasteiger partial charge in [-0.1, -0.05) is 62.7 Å². The van der Waals surface area contributed by atoms with E-state index in [0.29, 0.717) is 11.8 Å². The van der Waals surface area contributed by atoms with E-state index in [4.69, 9.17) is 4.42 Å². The van der Waals surface area contributed by atoms with E-state index in [2.05, 4.69) is 62.2 Å². The molecule has 0 aliphatic heterocycles. The fourth-order valence-corrected chi connectivity index (χ4v) is 2.38. The molecule has 24 heavy (non-hydrogen) atoms. The SMILES string of the molecule is Cc1ccc(-c2nnc(/C=C/c3ccc(C(C)(C)C)cc3)o2)cc1. The third-order valence-corrected chi connectivity index (χ3v) is 3.93. The Balaban J connectivity index is 1.74. The molecule has 3 heteroatoms. The minimum Gasteiger partial charge on any atom is -0.417 e. The molecule has 0 spiro atoms. The molecule has 0 radical (unpaired) electrons. The average Bonchev–Trinajstić information content (AvgIpc) is 3.02. The Kier molecular flexibility index (Phi) is 4.34. The number of hydrogen-bond acceptors (Lipinski definition) is 3. The highest BCUT2D eigenvalue weighted by atomic mass is 16.4.